The van der Waals surface area contributed by atoms with Gasteiger partial charge >= 0.3 is 6.18 Å². The summed E-state index contributed by atoms with van der Waals surface area (Å²) in [5.74, 6) is 0.998. The second-order valence-electron chi connectivity index (χ2n) is 7.00. The molecule has 0 aromatic carbocycles. The quantitative estimate of drug-likeness (QED) is 0.785. The van der Waals surface area contributed by atoms with Gasteiger partial charge in [0.05, 0.1) is 12.8 Å². The molecule has 4 heterocycles. The summed E-state index contributed by atoms with van der Waals surface area (Å²) in [6.07, 6.45) is -0.492. The van der Waals surface area contributed by atoms with Crippen LogP contribution in [0, 0.1) is 0 Å². The predicted octanol–water partition coefficient (Wildman–Crippen LogP) is 2.94. The minimum Gasteiger partial charge on any atom is -0.468 e. The highest BCUT2D eigenvalue weighted by Crippen LogP contribution is 2.34. The van der Waals surface area contributed by atoms with Crippen molar-refractivity contribution in [2.75, 3.05) is 44.2 Å². The molecule has 148 valence electrons. The number of nitrogens with zero attached hydrogens (tertiary/aromatic N) is 5. The Hall–Kier alpha value is -1.65. The van der Waals surface area contributed by atoms with Gasteiger partial charge in [-0.05, 0) is 25.0 Å². The normalized spacial score (nSPS) is 21.1. The Morgan fingerprint density at radius 3 is 2.41 bits per heavy atom. The summed E-state index contributed by atoms with van der Waals surface area (Å²) in [5, 5.41) is 6.51. The largest absolute Gasteiger partial charge is 0.468 e. The van der Waals surface area contributed by atoms with E-state index in [9.17, 15) is 13.2 Å². The number of hydrogen-bond donors (Lipinski definition) is 0. The second-order valence-corrected chi connectivity index (χ2v) is 7.95. The molecule has 2 saturated heterocycles. The molecule has 2 aromatic rings. The number of anilines is 1. The van der Waals surface area contributed by atoms with Crippen LogP contribution in [0.5, 0.6) is 0 Å². The van der Waals surface area contributed by atoms with E-state index in [2.05, 4.69) is 20.0 Å². The number of likely N-dealkylation sites (tertiary alicyclic amines) is 1. The Bertz CT molecular complexity index is 719. The van der Waals surface area contributed by atoms with E-state index in [1.807, 2.05) is 17.0 Å². The first-order valence-electron chi connectivity index (χ1n) is 9.13. The highest BCUT2D eigenvalue weighted by Gasteiger charge is 2.37. The lowest BCUT2D eigenvalue weighted by Crippen LogP contribution is -2.53. The molecular formula is C17H22F3N5OS. The molecule has 2 aliphatic rings. The molecular weight excluding hydrogens is 379 g/mol. The third-order valence-corrected chi connectivity index (χ3v) is 6.30. The maximum absolute atomic E-state index is 12.7. The lowest BCUT2D eigenvalue weighted by Gasteiger charge is -2.42. The third kappa shape index (κ3) is 4.44. The van der Waals surface area contributed by atoms with Crippen molar-refractivity contribution in [3.63, 3.8) is 0 Å². The molecule has 0 unspecified atom stereocenters. The zero-order chi connectivity index (χ0) is 18.9. The van der Waals surface area contributed by atoms with E-state index in [1.165, 1.54) is 0 Å². The molecule has 2 fully saturated rings. The van der Waals surface area contributed by atoms with Gasteiger partial charge < -0.3 is 9.32 Å². The van der Waals surface area contributed by atoms with E-state index in [1.54, 1.807) is 6.26 Å². The number of hydrogen-bond acceptors (Lipinski definition) is 7. The second kappa shape index (κ2) is 7.76. The van der Waals surface area contributed by atoms with Crippen LogP contribution < -0.4 is 4.90 Å². The smallest absolute Gasteiger partial charge is 0.445 e. The molecule has 2 aromatic heterocycles. The van der Waals surface area contributed by atoms with Crippen molar-refractivity contribution >= 4 is 16.5 Å². The maximum atomic E-state index is 12.7. The van der Waals surface area contributed by atoms with E-state index in [0.717, 1.165) is 51.3 Å². The molecule has 10 heteroatoms. The molecule has 0 radical (unpaired) electrons. The lowest BCUT2D eigenvalue weighted by molar-refractivity contribution is -0.138. The van der Waals surface area contributed by atoms with Crippen LogP contribution in [-0.2, 0) is 12.7 Å². The Morgan fingerprint density at radius 1 is 1.07 bits per heavy atom. The third-order valence-electron chi connectivity index (χ3n) is 5.27. The summed E-state index contributed by atoms with van der Waals surface area (Å²) in [4.78, 5) is 6.79. The molecule has 0 aliphatic carbocycles. The SMILES string of the molecule is FC(F)(F)c1nnc(N2CCN(C3CCN(Cc4ccco4)CC3)CC2)s1. The van der Waals surface area contributed by atoms with E-state index >= 15 is 0 Å². The van der Waals surface area contributed by atoms with Crippen molar-refractivity contribution < 1.29 is 17.6 Å². The molecule has 0 N–H and O–H groups in total. The summed E-state index contributed by atoms with van der Waals surface area (Å²) in [7, 11) is 0. The molecule has 6 nitrogen and oxygen atoms in total. The average molecular weight is 401 g/mol. The molecule has 27 heavy (non-hydrogen) atoms. The van der Waals surface area contributed by atoms with Gasteiger partial charge in [0.1, 0.15) is 5.76 Å². The lowest BCUT2D eigenvalue weighted by atomic mass is 10.0. The highest BCUT2D eigenvalue weighted by atomic mass is 32.1. The summed E-state index contributed by atoms with van der Waals surface area (Å²) >= 11 is 0.630. The monoisotopic (exact) mass is 401 g/mol. The van der Waals surface area contributed by atoms with Crippen LogP contribution in [0.4, 0.5) is 18.3 Å². The number of alkyl halides is 3. The summed E-state index contributed by atoms with van der Waals surface area (Å²) in [5.41, 5.74) is 0. The van der Waals surface area contributed by atoms with Crippen molar-refractivity contribution in [1.82, 2.24) is 20.0 Å². The minimum atomic E-state index is -4.42. The van der Waals surface area contributed by atoms with Gasteiger partial charge in [0.2, 0.25) is 10.1 Å². The number of aromatic nitrogens is 2. The average Bonchev–Trinajstić information content (AvgIpc) is 3.34. The molecule has 2 aliphatic heterocycles. The first-order chi connectivity index (χ1) is 13.0. The van der Waals surface area contributed by atoms with Gasteiger partial charge in [-0.2, -0.15) is 13.2 Å². The summed E-state index contributed by atoms with van der Waals surface area (Å²) in [6.45, 7) is 6.02. The van der Waals surface area contributed by atoms with Gasteiger partial charge in [0.15, 0.2) is 0 Å². The number of piperidine rings is 1. The van der Waals surface area contributed by atoms with Crippen LogP contribution in [0.3, 0.4) is 0 Å². The van der Waals surface area contributed by atoms with Gasteiger partial charge in [-0.25, -0.2) is 0 Å². The molecule has 4 rings (SSSR count). The van der Waals surface area contributed by atoms with Gasteiger partial charge in [-0.15, -0.1) is 10.2 Å². The topological polar surface area (TPSA) is 48.6 Å². The van der Waals surface area contributed by atoms with Crippen LogP contribution in [-0.4, -0.2) is 65.3 Å². The van der Waals surface area contributed by atoms with Gasteiger partial charge in [-0.1, -0.05) is 11.3 Å². The number of piperazine rings is 1. The standard InChI is InChI=1S/C17H22F3N5OS/c18-17(19,20)15-21-22-16(27-15)25-9-7-24(8-10-25)13-3-5-23(6-4-13)12-14-2-1-11-26-14/h1-2,11,13H,3-10,12H2. The number of halogens is 3. The molecule has 0 atom stereocenters. The van der Waals surface area contributed by atoms with Crippen LogP contribution in [0.15, 0.2) is 22.8 Å². The Labute approximate surface area is 159 Å². The Balaban J connectivity index is 1.24. The Kier molecular flexibility index (Phi) is 5.38. The zero-order valence-corrected chi connectivity index (χ0v) is 15.7. The predicted molar refractivity (Wildman–Crippen MR) is 95.7 cm³/mol. The van der Waals surface area contributed by atoms with E-state index in [0.29, 0.717) is 35.6 Å². The van der Waals surface area contributed by atoms with Crippen molar-refractivity contribution in [2.24, 2.45) is 0 Å². The van der Waals surface area contributed by atoms with E-state index < -0.39 is 11.2 Å². The Morgan fingerprint density at radius 2 is 1.81 bits per heavy atom. The van der Waals surface area contributed by atoms with E-state index in [4.69, 9.17) is 4.42 Å². The summed E-state index contributed by atoms with van der Waals surface area (Å²) in [6, 6.07) is 4.46. The number of rotatable bonds is 4. The highest BCUT2D eigenvalue weighted by molar-refractivity contribution is 7.15. The first-order valence-corrected chi connectivity index (χ1v) is 9.95. The molecule has 0 bridgehead atoms. The fourth-order valence-electron chi connectivity index (χ4n) is 3.80. The van der Waals surface area contributed by atoms with Crippen molar-refractivity contribution in [1.29, 1.82) is 0 Å². The van der Waals surface area contributed by atoms with Crippen LogP contribution in [0.2, 0.25) is 0 Å². The van der Waals surface area contributed by atoms with Crippen molar-refractivity contribution in [2.45, 2.75) is 31.6 Å². The summed E-state index contributed by atoms with van der Waals surface area (Å²) < 4.78 is 43.5. The fourth-order valence-corrected chi connectivity index (χ4v) is 4.57. The van der Waals surface area contributed by atoms with Gasteiger partial charge in [0.25, 0.3) is 0 Å². The first kappa shape index (κ1) is 18.7. The number of furan rings is 1. The van der Waals surface area contributed by atoms with E-state index in [-0.39, 0.29) is 0 Å². The van der Waals surface area contributed by atoms with Gasteiger partial charge in [-0.3, -0.25) is 9.80 Å². The maximum Gasteiger partial charge on any atom is 0.445 e. The molecule has 0 spiro atoms. The molecule has 0 amide bonds. The van der Waals surface area contributed by atoms with Crippen LogP contribution in [0.1, 0.15) is 23.6 Å². The zero-order valence-electron chi connectivity index (χ0n) is 14.9. The van der Waals surface area contributed by atoms with Crippen LogP contribution >= 0.6 is 11.3 Å². The van der Waals surface area contributed by atoms with Crippen LogP contribution in [0.25, 0.3) is 0 Å². The molecule has 0 saturated carbocycles. The minimum absolute atomic E-state index is 0.371. The van der Waals surface area contributed by atoms with Gasteiger partial charge in [0, 0.05) is 45.3 Å². The fraction of sp³-hybridized carbons (Fsp3) is 0.647. The van der Waals surface area contributed by atoms with Crippen molar-refractivity contribution in [3.05, 3.63) is 29.2 Å². The van der Waals surface area contributed by atoms with Crippen molar-refractivity contribution in [3.8, 4) is 0 Å².